The molecule has 3 aromatic rings. The second kappa shape index (κ2) is 12.0. The number of aliphatic imine (C=N–C) groups is 1. The first-order chi connectivity index (χ1) is 15.6. The standard InChI is InChI=1S/C25H30N4O3.HI/c1-17-4-7-19(8-5-17)23-14-27-24(32-23)15-29-25(26-3)28-13-20-9-6-18(2)12-22(20)31-21-10-11-30-16-21;/h4-9,12,14,21H,10-11,13,15-16H2,1-3H3,(H2,26,28,29);1H. The normalized spacial score (nSPS) is 15.7. The van der Waals surface area contributed by atoms with E-state index in [1.165, 1.54) is 11.1 Å². The minimum absolute atomic E-state index is 0. The molecule has 1 saturated heterocycles. The number of ether oxygens (including phenoxy) is 2. The Morgan fingerprint density at radius 1 is 1.09 bits per heavy atom. The molecular weight excluding hydrogens is 531 g/mol. The number of benzene rings is 2. The van der Waals surface area contributed by atoms with Crippen LogP contribution < -0.4 is 15.4 Å². The zero-order valence-electron chi connectivity index (χ0n) is 19.3. The highest BCUT2D eigenvalue weighted by molar-refractivity contribution is 14.0. The quantitative estimate of drug-likeness (QED) is 0.249. The van der Waals surface area contributed by atoms with Crippen LogP contribution in [0.3, 0.4) is 0 Å². The fourth-order valence-corrected chi connectivity index (χ4v) is 3.51. The Kier molecular flexibility index (Phi) is 9.13. The molecule has 8 heteroatoms. The average molecular weight is 562 g/mol. The second-order valence-electron chi connectivity index (χ2n) is 7.98. The third kappa shape index (κ3) is 6.94. The maximum Gasteiger partial charge on any atom is 0.214 e. The summed E-state index contributed by atoms with van der Waals surface area (Å²) in [7, 11) is 1.74. The summed E-state index contributed by atoms with van der Waals surface area (Å²) in [6.45, 7) is 6.55. The minimum Gasteiger partial charge on any atom is -0.488 e. The van der Waals surface area contributed by atoms with Gasteiger partial charge in [-0.05, 0) is 25.5 Å². The summed E-state index contributed by atoms with van der Waals surface area (Å²) >= 11 is 0. The van der Waals surface area contributed by atoms with Gasteiger partial charge in [0.1, 0.15) is 11.9 Å². The van der Waals surface area contributed by atoms with Gasteiger partial charge in [-0.25, -0.2) is 4.98 Å². The highest BCUT2D eigenvalue weighted by Gasteiger charge is 2.19. The molecule has 176 valence electrons. The first-order valence-electron chi connectivity index (χ1n) is 10.9. The van der Waals surface area contributed by atoms with Crippen molar-refractivity contribution in [3.05, 3.63) is 71.2 Å². The van der Waals surface area contributed by atoms with E-state index in [9.17, 15) is 0 Å². The summed E-state index contributed by atoms with van der Waals surface area (Å²) < 4.78 is 17.5. The Hall–Kier alpha value is -2.59. The van der Waals surface area contributed by atoms with Gasteiger partial charge in [-0.1, -0.05) is 42.0 Å². The molecule has 1 aliphatic rings. The van der Waals surface area contributed by atoms with E-state index in [4.69, 9.17) is 13.9 Å². The van der Waals surface area contributed by atoms with E-state index in [2.05, 4.69) is 64.8 Å². The number of oxazole rings is 1. The van der Waals surface area contributed by atoms with Crippen LogP contribution in [0.15, 0.2) is 58.1 Å². The van der Waals surface area contributed by atoms with Crippen molar-refractivity contribution in [3.63, 3.8) is 0 Å². The SMILES string of the molecule is CN=C(NCc1ncc(-c2ccc(C)cc2)o1)NCc1ccc(C)cc1OC1CCOC1.I. The van der Waals surface area contributed by atoms with E-state index >= 15 is 0 Å². The van der Waals surface area contributed by atoms with Crippen molar-refractivity contribution in [3.8, 4) is 17.1 Å². The number of nitrogens with zero attached hydrogens (tertiary/aromatic N) is 2. The van der Waals surface area contributed by atoms with E-state index in [0.717, 1.165) is 35.7 Å². The molecule has 0 spiro atoms. The van der Waals surface area contributed by atoms with E-state index < -0.39 is 0 Å². The third-order valence-electron chi connectivity index (χ3n) is 5.37. The van der Waals surface area contributed by atoms with Gasteiger partial charge in [0.15, 0.2) is 11.7 Å². The van der Waals surface area contributed by atoms with Crippen LogP contribution in [0.5, 0.6) is 5.75 Å². The topological polar surface area (TPSA) is 80.9 Å². The van der Waals surface area contributed by atoms with Crippen LogP contribution in [0.2, 0.25) is 0 Å². The van der Waals surface area contributed by atoms with E-state index in [1.807, 2.05) is 12.1 Å². The van der Waals surface area contributed by atoms with Crippen LogP contribution in [0, 0.1) is 13.8 Å². The fourth-order valence-electron chi connectivity index (χ4n) is 3.51. The molecule has 2 aromatic carbocycles. The lowest BCUT2D eigenvalue weighted by atomic mass is 10.1. The third-order valence-corrected chi connectivity index (χ3v) is 5.37. The molecule has 0 radical (unpaired) electrons. The molecule has 0 amide bonds. The monoisotopic (exact) mass is 562 g/mol. The molecule has 1 aliphatic heterocycles. The molecule has 2 N–H and O–H groups in total. The zero-order chi connectivity index (χ0) is 22.3. The van der Waals surface area contributed by atoms with Crippen molar-refractivity contribution in [1.82, 2.24) is 15.6 Å². The predicted octanol–water partition coefficient (Wildman–Crippen LogP) is 4.61. The summed E-state index contributed by atoms with van der Waals surface area (Å²) in [5, 5.41) is 6.60. The zero-order valence-corrected chi connectivity index (χ0v) is 21.6. The molecule has 33 heavy (non-hydrogen) atoms. The van der Waals surface area contributed by atoms with E-state index in [1.54, 1.807) is 13.2 Å². The smallest absolute Gasteiger partial charge is 0.214 e. The molecule has 7 nitrogen and oxygen atoms in total. The van der Waals surface area contributed by atoms with Crippen molar-refractivity contribution in [2.45, 2.75) is 39.5 Å². The molecular formula is C25H31IN4O3. The van der Waals surface area contributed by atoms with Crippen molar-refractivity contribution in [2.24, 2.45) is 4.99 Å². The largest absolute Gasteiger partial charge is 0.488 e. The van der Waals surface area contributed by atoms with Gasteiger partial charge < -0.3 is 24.5 Å². The molecule has 1 aromatic heterocycles. The van der Waals surface area contributed by atoms with Gasteiger partial charge in [-0.3, -0.25) is 4.99 Å². The first kappa shape index (κ1) is 25.0. The highest BCUT2D eigenvalue weighted by atomic mass is 127. The van der Waals surface area contributed by atoms with Crippen LogP contribution in [0.4, 0.5) is 0 Å². The van der Waals surface area contributed by atoms with Crippen LogP contribution >= 0.6 is 24.0 Å². The van der Waals surface area contributed by atoms with Crippen molar-refractivity contribution in [2.75, 3.05) is 20.3 Å². The molecule has 2 heterocycles. The number of hydrogen-bond donors (Lipinski definition) is 2. The lowest BCUT2D eigenvalue weighted by Crippen LogP contribution is -2.36. The summed E-state index contributed by atoms with van der Waals surface area (Å²) in [5.41, 5.74) is 4.46. The van der Waals surface area contributed by atoms with Crippen molar-refractivity contribution >= 4 is 29.9 Å². The number of hydrogen-bond acceptors (Lipinski definition) is 5. The number of aryl methyl sites for hydroxylation is 2. The lowest BCUT2D eigenvalue weighted by Gasteiger charge is -2.17. The molecule has 0 saturated carbocycles. The summed E-state index contributed by atoms with van der Waals surface area (Å²) in [6.07, 6.45) is 2.78. The summed E-state index contributed by atoms with van der Waals surface area (Å²) in [5.74, 6) is 2.90. The van der Waals surface area contributed by atoms with Crippen LogP contribution in [0.25, 0.3) is 11.3 Å². The van der Waals surface area contributed by atoms with Gasteiger partial charge in [-0.15, -0.1) is 24.0 Å². The number of aromatic nitrogens is 1. The van der Waals surface area contributed by atoms with E-state index in [-0.39, 0.29) is 30.1 Å². The van der Waals surface area contributed by atoms with Crippen LogP contribution in [-0.4, -0.2) is 37.3 Å². The summed E-state index contributed by atoms with van der Waals surface area (Å²) in [4.78, 5) is 8.68. The van der Waals surface area contributed by atoms with Crippen molar-refractivity contribution in [1.29, 1.82) is 0 Å². The Balaban J connectivity index is 0.00000306. The van der Waals surface area contributed by atoms with Gasteiger partial charge in [0.25, 0.3) is 0 Å². The second-order valence-corrected chi connectivity index (χ2v) is 7.98. The van der Waals surface area contributed by atoms with Crippen LogP contribution in [-0.2, 0) is 17.8 Å². The number of rotatable bonds is 7. The number of halogens is 1. The molecule has 1 fully saturated rings. The average Bonchev–Trinajstić information content (AvgIpc) is 3.48. The number of guanidine groups is 1. The highest BCUT2D eigenvalue weighted by Crippen LogP contribution is 2.24. The van der Waals surface area contributed by atoms with Crippen LogP contribution in [0.1, 0.15) is 29.0 Å². The van der Waals surface area contributed by atoms with Gasteiger partial charge >= 0.3 is 0 Å². The molecule has 1 unspecified atom stereocenters. The Labute approximate surface area is 212 Å². The molecule has 0 bridgehead atoms. The Bertz CT molecular complexity index is 1060. The van der Waals surface area contributed by atoms with E-state index in [0.29, 0.717) is 31.5 Å². The molecule has 1 atom stereocenters. The maximum atomic E-state index is 6.18. The van der Waals surface area contributed by atoms with Gasteiger partial charge in [0, 0.05) is 31.1 Å². The first-order valence-corrected chi connectivity index (χ1v) is 10.9. The Morgan fingerprint density at radius 2 is 1.85 bits per heavy atom. The maximum absolute atomic E-state index is 6.18. The van der Waals surface area contributed by atoms with Crippen molar-refractivity contribution < 1.29 is 13.9 Å². The van der Waals surface area contributed by atoms with Gasteiger partial charge in [-0.2, -0.15) is 0 Å². The molecule has 0 aliphatic carbocycles. The lowest BCUT2D eigenvalue weighted by molar-refractivity contribution is 0.140. The van der Waals surface area contributed by atoms with Gasteiger partial charge in [0.2, 0.25) is 5.89 Å². The molecule has 4 rings (SSSR count). The Morgan fingerprint density at radius 3 is 2.58 bits per heavy atom. The minimum atomic E-state index is 0. The predicted molar refractivity (Wildman–Crippen MR) is 140 cm³/mol. The number of nitrogens with one attached hydrogen (secondary N) is 2. The fraction of sp³-hybridized carbons (Fsp3) is 0.360. The summed E-state index contributed by atoms with van der Waals surface area (Å²) in [6, 6.07) is 14.4. The van der Waals surface area contributed by atoms with Gasteiger partial charge in [0.05, 0.1) is 26.0 Å².